The Bertz CT molecular complexity index is 1900. The number of nitrogens with zero attached hydrogens (tertiary/aromatic N) is 7. The van der Waals surface area contributed by atoms with E-state index < -0.39 is 5.60 Å². The molecule has 15 heteroatoms. The molecule has 0 aliphatic carbocycles. The Morgan fingerprint density at radius 1 is 0.877 bits per heavy atom. The van der Waals surface area contributed by atoms with Crippen molar-refractivity contribution < 1.29 is 28.8 Å². The van der Waals surface area contributed by atoms with Crippen LogP contribution in [0.3, 0.4) is 0 Å². The van der Waals surface area contributed by atoms with Gasteiger partial charge < -0.3 is 34.3 Å². The third kappa shape index (κ3) is 13.3. The van der Waals surface area contributed by atoms with Crippen LogP contribution < -0.4 is 15.8 Å². The summed E-state index contributed by atoms with van der Waals surface area (Å²) in [5.74, 6) is 1.04. The summed E-state index contributed by atoms with van der Waals surface area (Å²) >= 11 is 0. The number of hydrogen-bond acceptors (Lipinski definition) is 13. The number of unbranched alkanes of at least 4 members (excludes halogenated alkanes) is 1. The lowest BCUT2D eigenvalue weighted by Gasteiger charge is -2.36. The van der Waals surface area contributed by atoms with Crippen LogP contribution in [0.15, 0.2) is 66.1 Å². The lowest BCUT2D eigenvalue weighted by atomic mass is 10.1. The van der Waals surface area contributed by atoms with Crippen molar-refractivity contribution in [3.63, 3.8) is 0 Å². The number of rotatable bonds is 26. The van der Waals surface area contributed by atoms with Gasteiger partial charge in [-0.05, 0) is 76.1 Å². The summed E-state index contributed by atoms with van der Waals surface area (Å²) in [6.45, 7) is 18.7. The normalized spacial score (nSPS) is 13.7. The number of carbonyl (C=O) groups excluding carboxylic acids is 1. The van der Waals surface area contributed by atoms with Crippen molar-refractivity contribution in [2.45, 2.75) is 65.0 Å². The molecule has 3 aromatic heterocycles. The number of aromatic nitrogens is 5. The number of pyridine rings is 1. The summed E-state index contributed by atoms with van der Waals surface area (Å²) in [5.41, 5.74) is 1.39. The van der Waals surface area contributed by atoms with Crippen molar-refractivity contribution in [3.05, 3.63) is 77.4 Å². The molecule has 0 radical (unpaired) electrons. The van der Waals surface area contributed by atoms with Gasteiger partial charge in [0.2, 0.25) is 5.95 Å². The third-order valence-electron chi connectivity index (χ3n) is 9.59. The van der Waals surface area contributed by atoms with Gasteiger partial charge in [0.1, 0.15) is 16.8 Å². The minimum absolute atomic E-state index is 0.242. The summed E-state index contributed by atoms with van der Waals surface area (Å²) in [6.07, 6.45) is 7.10. The van der Waals surface area contributed by atoms with E-state index in [-0.39, 0.29) is 17.9 Å². The molecular formula is C42H60N8O7. The maximum atomic E-state index is 13.3. The second kappa shape index (κ2) is 22.4. The number of Topliss-reactive ketones (excluding diaryl/α,β-unsaturated/α-hetero) is 1. The third-order valence-corrected chi connectivity index (χ3v) is 9.59. The van der Waals surface area contributed by atoms with Gasteiger partial charge in [0.05, 0.1) is 58.5 Å². The number of aliphatic hydroxyl groups is 1. The number of piperazine rings is 1. The fraction of sp³-hybridized carbons (Fsp3) is 0.548. The van der Waals surface area contributed by atoms with Crippen molar-refractivity contribution in [1.82, 2.24) is 29.2 Å². The van der Waals surface area contributed by atoms with E-state index in [2.05, 4.69) is 50.7 Å². The lowest BCUT2D eigenvalue weighted by molar-refractivity contribution is -0.120. The molecule has 1 aromatic carbocycles. The molecule has 310 valence electrons. The molecule has 57 heavy (non-hydrogen) atoms. The predicted molar refractivity (Wildman–Crippen MR) is 222 cm³/mol. The van der Waals surface area contributed by atoms with Crippen LogP contribution in [0, 0.1) is 0 Å². The van der Waals surface area contributed by atoms with E-state index in [1.54, 1.807) is 42.8 Å². The zero-order chi connectivity index (χ0) is 40.5. The fourth-order valence-corrected chi connectivity index (χ4v) is 6.48. The van der Waals surface area contributed by atoms with Crippen LogP contribution in [0.1, 0.15) is 58.6 Å². The Labute approximate surface area is 335 Å². The van der Waals surface area contributed by atoms with Crippen LogP contribution in [-0.2, 0) is 35.9 Å². The molecule has 0 unspecified atom stereocenters. The molecule has 0 saturated carbocycles. The van der Waals surface area contributed by atoms with Gasteiger partial charge in [-0.2, -0.15) is 4.98 Å². The number of nitrogens with one attached hydrogen (secondary N) is 1. The van der Waals surface area contributed by atoms with Crippen molar-refractivity contribution >= 4 is 34.1 Å². The molecule has 4 heterocycles. The zero-order valence-corrected chi connectivity index (χ0v) is 33.9. The molecule has 0 bridgehead atoms. The van der Waals surface area contributed by atoms with Crippen molar-refractivity contribution in [2.75, 3.05) is 95.8 Å². The Hall–Kier alpha value is -4.51. The van der Waals surface area contributed by atoms with E-state index in [1.807, 2.05) is 12.1 Å². The number of carbonyl (C=O) groups is 1. The summed E-state index contributed by atoms with van der Waals surface area (Å²) in [5, 5.41) is 14.2. The largest absolute Gasteiger partial charge is 0.384 e. The van der Waals surface area contributed by atoms with Crippen LogP contribution >= 0.6 is 0 Å². The highest BCUT2D eigenvalue weighted by atomic mass is 16.6. The van der Waals surface area contributed by atoms with Crippen LogP contribution in [0.2, 0.25) is 0 Å². The Morgan fingerprint density at radius 2 is 1.54 bits per heavy atom. The monoisotopic (exact) mass is 788 g/mol. The quantitative estimate of drug-likeness (QED) is 0.0657. The molecule has 5 rings (SSSR count). The van der Waals surface area contributed by atoms with Gasteiger partial charge in [0.25, 0.3) is 5.56 Å². The standard InChI is InChI=1S/C42H60N8O7/c1-5-18-49-40(52)36-32-43-41(46-39(36)50(49)38-12-9-11-37(45-38)42(3,4)53)44-33-13-15-34(16-14-33)48-22-20-47(21-23-48)19-8-7-10-35(51)17-25-55-27-29-57-31-30-56-28-26-54-24-6-2/h5,9,11-16,32,53H,1,6-8,10,17-31H2,2-4H3,(H,43,44,46). The predicted octanol–water partition coefficient (Wildman–Crippen LogP) is 4.86. The minimum Gasteiger partial charge on any atom is -0.384 e. The lowest BCUT2D eigenvalue weighted by Crippen LogP contribution is -2.46. The molecular weight excluding hydrogens is 729 g/mol. The Morgan fingerprint density at radius 3 is 2.19 bits per heavy atom. The number of benzene rings is 1. The Balaban J connectivity index is 1.00. The number of ketones is 1. The number of hydrogen-bond donors (Lipinski definition) is 2. The fourth-order valence-electron chi connectivity index (χ4n) is 6.48. The van der Waals surface area contributed by atoms with Crippen molar-refractivity contribution in [2.24, 2.45) is 0 Å². The molecule has 1 aliphatic heterocycles. The van der Waals surface area contributed by atoms with Gasteiger partial charge in [0.15, 0.2) is 11.5 Å². The SMILES string of the molecule is C=CCn1c(=O)c2cnc(Nc3ccc(N4CCN(CCCCC(=O)CCOCCOCCOCCOCCC)CC4)cc3)nc2n1-c1cccc(C(C)(C)O)n1. The van der Waals surface area contributed by atoms with Crippen molar-refractivity contribution in [3.8, 4) is 5.82 Å². The van der Waals surface area contributed by atoms with Crippen LogP contribution in [0.4, 0.5) is 17.3 Å². The first kappa shape index (κ1) is 43.6. The van der Waals surface area contributed by atoms with Crippen molar-refractivity contribution in [1.29, 1.82) is 0 Å². The smallest absolute Gasteiger partial charge is 0.278 e. The van der Waals surface area contributed by atoms with Gasteiger partial charge in [-0.3, -0.25) is 14.5 Å². The molecule has 1 aliphatic rings. The second-order valence-electron chi connectivity index (χ2n) is 14.6. The van der Waals surface area contributed by atoms with E-state index in [1.165, 1.54) is 10.9 Å². The molecule has 2 N–H and O–H groups in total. The van der Waals surface area contributed by atoms with Gasteiger partial charge >= 0.3 is 0 Å². The number of fused-ring (bicyclic) bond motifs is 1. The van der Waals surface area contributed by atoms with Crippen LogP contribution in [0.5, 0.6) is 0 Å². The van der Waals surface area contributed by atoms with Gasteiger partial charge in [-0.1, -0.05) is 19.1 Å². The summed E-state index contributed by atoms with van der Waals surface area (Å²) in [6, 6.07) is 13.5. The molecule has 0 spiro atoms. The van der Waals surface area contributed by atoms with E-state index >= 15 is 0 Å². The summed E-state index contributed by atoms with van der Waals surface area (Å²) < 4.78 is 25.0. The first-order chi connectivity index (χ1) is 27.7. The molecule has 15 nitrogen and oxygen atoms in total. The number of anilines is 3. The van der Waals surface area contributed by atoms with Crippen LogP contribution in [-0.4, -0.2) is 126 Å². The minimum atomic E-state index is -1.16. The zero-order valence-electron chi connectivity index (χ0n) is 33.9. The van der Waals surface area contributed by atoms with E-state index in [4.69, 9.17) is 23.9 Å². The average Bonchev–Trinajstić information content (AvgIpc) is 3.48. The van der Waals surface area contributed by atoms with Gasteiger partial charge in [0, 0.05) is 63.2 Å². The highest BCUT2D eigenvalue weighted by Gasteiger charge is 2.22. The molecule has 4 aromatic rings. The average molecular weight is 789 g/mol. The molecule has 1 fully saturated rings. The molecule has 0 atom stereocenters. The Kier molecular flexibility index (Phi) is 17.2. The summed E-state index contributed by atoms with van der Waals surface area (Å²) in [4.78, 5) is 44.4. The van der Waals surface area contributed by atoms with E-state index in [0.29, 0.717) is 87.6 Å². The number of allylic oxidation sites excluding steroid dienone is 1. The first-order valence-corrected chi connectivity index (χ1v) is 20.1. The second-order valence-corrected chi connectivity index (χ2v) is 14.6. The van der Waals surface area contributed by atoms with E-state index in [0.717, 1.165) is 70.0 Å². The first-order valence-electron chi connectivity index (χ1n) is 20.1. The van der Waals surface area contributed by atoms with Crippen LogP contribution in [0.25, 0.3) is 16.9 Å². The number of ether oxygens (including phenoxy) is 4. The van der Waals surface area contributed by atoms with E-state index in [9.17, 15) is 14.7 Å². The maximum absolute atomic E-state index is 13.3. The summed E-state index contributed by atoms with van der Waals surface area (Å²) in [7, 11) is 0. The van der Waals surface area contributed by atoms with Gasteiger partial charge in [-0.25, -0.2) is 19.3 Å². The van der Waals surface area contributed by atoms with Gasteiger partial charge in [-0.15, -0.1) is 6.58 Å². The molecule has 0 amide bonds. The topological polar surface area (TPSA) is 158 Å². The maximum Gasteiger partial charge on any atom is 0.278 e. The highest BCUT2D eigenvalue weighted by Crippen LogP contribution is 2.24. The highest BCUT2D eigenvalue weighted by molar-refractivity contribution is 5.78. The molecule has 1 saturated heterocycles.